The Morgan fingerprint density at radius 1 is 1.32 bits per heavy atom. The van der Waals surface area contributed by atoms with Gasteiger partial charge in [0.1, 0.15) is 0 Å². The molecule has 0 fully saturated rings. The van der Waals surface area contributed by atoms with E-state index in [0.717, 1.165) is 33.5 Å². The first kappa shape index (κ1) is 17.0. The van der Waals surface area contributed by atoms with Gasteiger partial charge in [-0.1, -0.05) is 6.07 Å². The molecule has 0 saturated carbocycles. The molecule has 0 unspecified atom stereocenters. The average molecular weight is 353 g/mol. The van der Waals surface area contributed by atoms with Gasteiger partial charge in [-0.25, -0.2) is 14.6 Å². The van der Waals surface area contributed by atoms with E-state index in [0.29, 0.717) is 6.54 Å². The van der Waals surface area contributed by atoms with Crippen molar-refractivity contribution >= 4 is 23.3 Å². The molecule has 3 aromatic heterocycles. The Labute approximate surface area is 150 Å². The van der Waals surface area contributed by atoms with E-state index in [2.05, 4.69) is 20.4 Å². The number of nitrogens with one attached hydrogen (secondary N) is 1. The van der Waals surface area contributed by atoms with Gasteiger partial charge in [0.25, 0.3) is 0 Å². The molecule has 0 bridgehead atoms. The van der Waals surface area contributed by atoms with Crippen molar-refractivity contribution in [2.24, 2.45) is 0 Å². The second-order valence-corrected chi connectivity index (χ2v) is 6.77. The van der Waals surface area contributed by atoms with E-state index < -0.39 is 0 Å². The molecular weight excluding hydrogens is 334 g/mol. The first-order valence-corrected chi connectivity index (χ1v) is 8.76. The lowest BCUT2D eigenvalue weighted by Gasteiger charge is -2.06. The predicted octanol–water partition coefficient (Wildman–Crippen LogP) is 2.98. The molecule has 0 spiro atoms. The fourth-order valence-electron chi connectivity index (χ4n) is 2.37. The van der Waals surface area contributed by atoms with Gasteiger partial charge in [-0.2, -0.15) is 5.10 Å². The van der Waals surface area contributed by atoms with Crippen LogP contribution in [-0.4, -0.2) is 25.7 Å². The highest BCUT2D eigenvalue weighted by Gasteiger charge is 2.05. The summed E-state index contributed by atoms with van der Waals surface area (Å²) in [4.78, 5) is 20.6. The Morgan fingerprint density at radius 2 is 2.16 bits per heavy atom. The molecule has 128 valence electrons. The molecule has 0 aromatic carbocycles. The minimum absolute atomic E-state index is 0.159. The highest BCUT2D eigenvalue weighted by Crippen LogP contribution is 2.11. The van der Waals surface area contributed by atoms with Gasteiger partial charge in [-0.15, -0.1) is 11.3 Å². The zero-order valence-corrected chi connectivity index (χ0v) is 15.2. The van der Waals surface area contributed by atoms with Gasteiger partial charge in [-0.3, -0.25) is 4.79 Å². The normalized spacial score (nSPS) is 11.2. The van der Waals surface area contributed by atoms with Crippen LogP contribution in [0.2, 0.25) is 0 Å². The summed E-state index contributed by atoms with van der Waals surface area (Å²) in [5, 5.41) is 10.1. The maximum Gasteiger partial charge on any atom is 0.244 e. The van der Waals surface area contributed by atoms with Crippen LogP contribution < -0.4 is 5.32 Å². The Hall–Kier alpha value is -2.80. The number of thiazole rings is 1. The van der Waals surface area contributed by atoms with Gasteiger partial charge < -0.3 is 5.32 Å². The highest BCUT2D eigenvalue weighted by atomic mass is 32.1. The molecular formula is C18H19N5OS. The Kier molecular flexibility index (Phi) is 5.04. The van der Waals surface area contributed by atoms with Crippen LogP contribution in [-0.2, 0) is 11.3 Å². The quantitative estimate of drug-likeness (QED) is 0.716. The third-order valence-corrected chi connectivity index (χ3v) is 4.34. The zero-order chi connectivity index (χ0) is 17.8. The average Bonchev–Trinajstić information content (AvgIpc) is 3.16. The number of pyridine rings is 1. The van der Waals surface area contributed by atoms with E-state index in [-0.39, 0.29) is 5.91 Å². The lowest BCUT2D eigenvalue weighted by molar-refractivity contribution is -0.116. The molecule has 7 heteroatoms. The molecule has 3 aromatic rings. The van der Waals surface area contributed by atoms with Gasteiger partial charge in [0.15, 0.2) is 5.82 Å². The van der Waals surface area contributed by atoms with E-state index in [1.54, 1.807) is 28.3 Å². The van der Waals surface area contributed by atoms with Crippen LogP contribution >= 0.6 is 11.3 Å². The van der Waals surface area contributed by atoms with Gasteiger partial charge in [-0.05, 0) is 44.5 Å². The molecule has 3 heterocycles. The Morgan fingerprint density at radius 3 is 2.76 bits per heavy atom. The zero-order valence-electron chi connectivity index (χ0n) is 14.4. The summed E-state index contributed by atoms with van der Waals surface area (Å²) in [7, 11) is 0. The minimum Gasteiger partial charge on any atom is -0.348 e. The van der Waals surface area contributed by atoms with Crippen LogP contribution in [0.4, 0.5) is 0 Å². The monoisotopic (exact) mass is 353 g/mol. The van der Waals surface area contributed by atoms with Gasteiger partial charge in [0.05, 0.1) is 16.4 Å². The summed E-state index contributed by atoms with van der Waals surface area (Å²) in [5.74, 6) is 0.604. The van der Waals surface area contributed by atoms with Crippen molar-refractivity contribution in [3.05, 3.63) is 63.5 Å². The molecule has 6 nitrogen and oxygen atoms in total. The number of nitrogens with zero attached hydrogens (tertiary/aromatic N) is 4. The van der Waals surface area contributed by atoms with E-state index in [1.807, 2.05) is 44.4 Å². The van der Waals surface area contributed by atoms with E-state index in [1.165, 1.54) is 6.08 Å². The summed E-state index contributed by atoms with van der Waals surface area (Å²) < 4.78 is 1.80. The van der Waals surface area contributed by atoms with Crippen molar-refractivity contribution in [2.75, 3.05) is 0 Å². The molecule has 0 aliphatic carbocycles. The van der Waals surface area contributed by atoms with Gasteiger partial charge in [0.2, 0.25) is 5.91 Å². The number of amides is 1. The fraction of sp³-hybridized carbons (Fsp3) is 0.222. The highest BCUT2D eigenvalue weighted by molar-refractivity contribution is 7.09. The number of carbonyl (C=O) groups is 1. The molecule has 0 atom stereocenters. The summed E-state index contributed by atoms with van der Waals surface area (Å²) in [6, 6.07) is 5.84. The molecule has 1 N–H and O–H groups in total. The van der Waals surface area contributed by atoms with Crippen molar-refractivity contribution in [3.8, 4) is 5.82 Å². The predicted molar refractivity (Wildman–Crippen MR) is 98.6 cm³/mol. The maximum absolute atomic E-state index is 11.9. The van der Waals surface area contributed by atoms with Crippen LogP contribution in [0.15, 0.2) is 35.9 Å². The van der Waals surface area contributed by atoms with Gasteiger partial charge in [0, 0.05) is 29.9 Å². The maximum atomic E-state index is 11.9. The van der Waals surface area contributed by atoms with Crippen LogP contribution in [0.25, 0.3) is 11.9 Å². The van der Waals surface area contributed by atoms with E-state index in [4.69, 9.17) is 0 Å². The molecule has 3 rings (SSSR count). The second kappa shape index (κ2) is 7.40. The number of hydrogen-bond acceptors (Lipinski definition) is 5. The lowest BCUT2D eigenvalue weighted by Crippen LogP contribution is -2.20. The van der Waals surface area contributed by atoms with E-state index >= 15 is 0 Å². The summed E-state index contributed by atoms with van der Waals surface area (Å²) >= 11 is 1.56. The van der Waals surface area contributed by atoms with Crippen LogP contribution in [0.3, 0.4) is 0 Å². The molecule has 0 saturated heterocycles. The lowest BCUT2D eigenvalue weighted by atomic mass is 10.2. The van der Waals surface area contributed by atoms with Crippen LogP contribution in [0.1, 0.15) is 27.7 Å². The summed E-state index contributed by atoms with van der Waals surface area (Å²) in [6.45, 7) is 6.30. The molecule has 0 aliphatic heterocycles. The number of rotatable bonds is 5. The Balaban J connectivity index is 1.57. The largest absolute Gasteiger partial charge is 0.348 e. The smallest absolute Gasteiger partial charge is 0.244 e. The third kappa shape index (κ3) is 4.39. The standard InChI is InChI=1S/C18H19N5OS/c1-12-8-13(2)23(22-12)17-6-4-15(9-19-17)10-20-18(24)7-5-16-11-25-14(3)21-16/h4-9,11H,10H2,1-3H3,(H,20,24)/b7-5+. The SMILES string of the molecule is Cc1cc(C)n(-c2ccc(CNC(=O)/C=C/c3csc(C)n3)cn2)n1. The minimum atomic E-state index is -0.159. The van der Waals surface area contributed by atoms with Crippen molar-refractivity contribution in [1.82, 2.24) is 25.1 Å². The van der Waals surface area contributed by atoms with Gasteiger partial charge >= 0.3 is 0 Å². The van der Waals surface area contributed by atoms with Crippen molar-refractivity contribution in [2.45, 2.75) is 27.3 Å². The number of carbonyl (C=O) groups excluding carboxylic acids is 1. The number of hydrogen-bond donors (Lipinski definition) is 1. The summed E-state index contributed by atoms with van der Waals surface area (Å²) in [6.07, 6.45) is 4.95. The topological polar surface area (TPSA) is 72.7 Å². The second-order valence-electron chi connectivity index (χ2n) is 5.71. The molecule has 0 radical (unpaired) electrons. The molecule has 1 amide bonds. The number of aromatic nitrogens is 4. The van der Waals surface area contributed by atoms with Crippen LogP contribution in [0.5, 0.6) is 0 Å². The third-order valence-electron chi connectivity index (χ3n) is 3.54. The van der Waals surface area contributed by atoms with Crippen LogP contribution in [0, 0.1) is 20.8 Å². The molecule has 25 heavy (non-hydrogen) atoms. The van der Waals surface area contributed by atoms with Crippen molar-refractivity contribution in [1.29, 1.82) is 0 Å². The fourth-order valence-corrected chi connectivity index (χ4v) is 2.95. The number of aryl methyl sites for hydroxylation is 3. The van der Waals surface area contributed by atoms with Crippen molar-refractivity contribution < 1.29 is 4.79 Å². The van der Waals surface area contributed by atoms with Crippen molar-refractivity contribution in [3.63, 3.8) is 0 Å². The first-order chi connectivity index (χ1) is 12.0. The Bertz CT molecular complexity index is 908. The summed E-state index contributed by atoms with van der Waals surface area (Å²) in [5.41, 5.74) is 3.72. The van der Waals surface area contributed by atoms with E-state index in [9.17, 15) is 4.79 Å². The molecule has 0 aliphatic rings. The first-order valence-electron chi connectivity index (χ1n) is 7.88.